The minimum atomic E-state index is -3.88. The molecule has 0 bridgehead atoms. The number of anilines is 1. The summed E-state index contributed by atoms with van der Waals surface area (Å²) in [5.74, 6) is 0. The highest BCUT2D eigenvalue weighted by atomic mass is 32.2. The maximum absolute atomic E-state index is 12.4. The molecule has 0 fully saturated rings. The van der Waals surface area contributed by atoms with Crippen LogP contribution in [-0.2, 0) is 19.9 Å². The van der Waals surface area contributed by atoms with Gasteiger partial charge in [-0.15, -0.1) is 0 Å². The van der Waals surface area contributed by atoms with E-state index in [4.69, 9.17) is 5.73 Å². The van der Waals surface area contributed by atoms with Crippen LogP contribution < -0.4 is 10.5 Å². The molecule has 1 aromatic carbocycles. The molecule has 0 spiro atoms. The fourth-order valence-corrected chi connectivity index (χ4v) is 3.70. The van der Waals surface area contributed by atoms with Gasteiger partial charge in [0.25, 0.3) is 0 Å². The van der Waals surface area contributed by atoms with Gasteiger partial charge in [-0.05, 0) is 38.8 Å². The standard InChI is InChI=1S/C13H22N2O4S2/c1-9-6-7-10(2)12(11(9)14)21(18,19)15-8-13(3,4)20(5,16)17/h6-7,15H,8,14H2,1-5H3. The second-order valence-electron chi connectivity index (χ2n) is 5.80. The van der Waals surface area contributed by atoms with Crippen molar-refractivity contribution in [2.45, 2.75) is 37.3 Å². The summed E-state index contributed by atoms with van der Waals surface area (Å²) in [5.41, 5.74) is 7.21. The number of benzene rings is 1. The van der Waals surface area contributed by atoms with E-state index >= 15 is 0 Å². The van der Waals surface area contributed by atoms with E-state index in [1.54, 1.807) is 26.0 Å². The molecule has 0 radical (unpaired) electrons. The molecule has 0 amide bonds. The third-order valence-corrected chi connectivity index (χ3v) is 7.33. The SMILES string of the molecule is Cc1ccc(C)c(S(=O)(=O)NCC(C)(C)S(C)(=O)=O)c1N. The molecule has 0 aliphatic rings. The Labute approximate surface area is 126 Å². The van der Waals surface area contributed by atoms with Gasteiger partial charge in [0.05, 0.1) is 10.4 Å². The van der Waals surface area contributed by atoms with Crippen molar-refractivity contribution < 1.29 is 16.8 Å². The number of hydrogen-bond donors (Lipinski definition) is 2. The number of nitrogens with one attached hydrogen (secondary N) is 1. The molecule has 0 saturated heterocycles. The molecular weight excluding hydrogens is 312 g/mol. The highest BCUT2D eigenvalue weighted by Crippen LogP contribution is 2.26. The van der Waals surface area contributed by atoms with E-state index in [-0.39, 0.29) is 17.1 Å². The Balaban J connectivity index is 3.19. The van der Waals surface area contributed by atoms with E-state index in [1.807, 2.05) is 0 Å². The van der Waals surface area contributed by atoms with Gasteiger partial charge < -0.3 is 5.73 Å². The number of nitrogen functional groups attached to an aromatic ring is 1. The number of sulfonamides is 1. The molecule has 8 heteroatoms. The van der Waals surface area contributed by atoms with Gasteiger partial charge in [-0.1, -0.05) is 12.1 Å². The highest BCUT2D eigenvalue weighted by molar-refractivity contribution is 7.92. The van der Waals surface area contributed by atoms with Crippen LogP contribution in [0.4, 0.5) is 5.69 Å². The normalized spacial score (nSPS) is 13.4. The molecule has 0 unspecified atom stereocenters. The number of rotatable bonds is 5. The van der Waals surface area contributed by atoms with Crippen LogP contribution in [-0.4, -0.2) is 34.4 Å². The summed E-state index contributed by atoms with van der Waals surface area (Å²) in [5, 5.41) is 0. The van der Waals surface area contributed by atoms with Crippen LogP contribution in [0.3, 0.4) is 0 Å². The van der Waals surface area contributed by atoms with Crippen molar-refractivity contribution in [2.75, 3.05) is 18.5 Å². The van der Waals surface area contributed by atoms with Crippen LogP contribution in [0.15, 0.2) is 17.0 Å². The molecule has 21 heavy (non-hydrogen) atoms. The summed E-state index contributed by atoms with van der Waals surface area (Å²) in [6.45, 7) is 6.08. The van der Waals surface area contributed by atoms with E-state index in [9.17, 15) is 16.8 Å². The van der Waals surface area contributed by atoms with Gasteiger partial charge in [0.1, 0.15) is 4.90 Å². The van der Waals surface area contributed by atoms with Crippen molar-refractivity contribution in [3.63, 3.8) is 0 Å². The average molecular weight is 334 g/mol. The van der Waals surface area contributed by atoms with E-state index in [2.05, 4.69) is 4.72 Å². The monoisotopic (exact) mass is 334 g/mol. The first kappa shape index (κ1) is 17.9. The molecule has 3 N–H and O–H groups in total. The third kappa shape index (κ3) is 3.75. The predicted octanol–water partition coefficient (Wildman–Crippen LogP) is 0.987. The Morgan fingerprint density at radius 3 is 2.05 bits per heavy atom. The summed E-state index contributed by atoms with van der Waals surface area (Å²) >= 11 is 0. The molecule has 0 saturated carbocycles. The zero-order valence-electron chi connectivity index (χ0n) is 12.9. The molecule has 0 atom stereocenters. The summed E-state index contributed by atoms with van der Waals surface area (Å²) < 4.78 is 49.2. The van der Waals surface area contributed by atoms with Gasteiger partial charge in [0.15, 0.2) is 9.84 Å². The lowest BCUT2D eigenvalue weighted by Gasteiger charge is -2.23. The molecule has 0 aliphatic carbocycles. The Kier molecular flexibility index (Phi) is 4.77. The number of aryl methyl sites for hydroxylation is 2. The summed E-state index contributed by atoms with van der Waals surface area (Å²) in [6.07, 6.45) is 1.08. The van der Waals surface area contributed by atoms with Gasteiger partial charge in [-0.3, -0.25) is 0 Å². The maximum atomic E-state index is 12.4. The summed E-state index contributed by atoms with van der Waals surface area (Å²) in [7, 11) is -7.27. The number of sulfone groups is 1. The van der Waals surface area contributed by atoms with E-state index in [0.29, 0.717) is 11.1 Å². The van der Waals surface area contributed by atoms with Crippen molar-refractivity contribution in [1.82, 2.24) is 4.72 Å². The molecule has 1 rings (SSSR count). The Bertz CT molecular complexity index is 751. The minimum Gasteiger partial charge on any atom is -0.397 e. The number of nitrogens with two attached hydrogens (primary N) is 1. The van der Waals surface area contributed by atoms with Gasteiger partial charge in [-0.2, -0.15) is 0 Å². The van der Waals surface area contributed by atoms with Crippen molar-refractivity contribution >= 4 is 25.5 Å². The van der Waals surface area contributed by atoms with Gasteiger partial charge in [0, 0.05) is 12.8 Å². The van der Waals surface area contributed by atoms with Crippen LogP contribution in [0.1, 0.15) is 25.0 Å². The predicted molar refractivity (Wildman–Crippen MR) is 84.4 cm³/mol. The first-order chi connectivity index (χ1) is 9.29. The molecule has 1 aromatic rings. The lowest BCUT2D eigenvalue weighted by Crippen LogP contribution is -2.43. The van der Waals surface area contributed by atoms with Gasteiger partial charge in [0.2, 0.25) is 10.0 Å². The molecule has 0 aromatic heterocycles. The van der Waals surface area contributed by atoms with Crippen LogP contribution in [0.25, 0.3) is 0 Å². The van der Waals surface area contributed by atoms with Crippen molar-refractivity contribution in [3.8, 4) is 0 Å². The molecule has 120 valence electrons. The minimum absolute atomic E-state index is 0.00630. The largest absolute Gasteiger partial charge is 0.397 e. The van der Waals surface area contributed by atoms with Crippen molar-refractivity contribution in [3.05, 3.63) is 23.3 Å². The maximum Gasteiger partial charge on any atom is 0.242 e. The Morgan fingerprint density at radius 2 is 1.57 bits per heavy atom. The Morgan fingerprint density at radius 1 is 1.10 bits per heavy atom. The summed E-state index contributed by atoms with van der Waals surface area (Å²) in [6, 6.07) is 3.41. The lowest BCUT2D eigenvalue weighted by molar-refractivity contribution is 0.537. The van der Waals surface area contributed by atoms with Gasteiger partial charge in [-0.25, -0.2) is 21.6 Å². The van der Waals surface area contributed by atoms with Crippen LogP contribution in [0.5, 0.6) is 0 Å². The van der Waals surface area contributed by atoms with Crippen molar-refractivity contribution in [1.29, 1.82) is 0 Å². The van der Waals surface area contributed by atoms with Crippen LogP contribution >= 0.6 is 0 Å². The second-order valence-corrected chi connectivity index (χ2v) is 10.2. The first-order valence-corrected chi connectivity index (χ1v) is 9.72. The third-order valence-electron chi connectivity index (χ3n) is 3.57. The molecule has 0 heterocycles. The molecule has 0 aliphatic heterocycles. The first-order valence-electron chi connectivity index (χ1n) is 6.34. The van der Waals surface area contributed by atoms with Crippen molar-refractivity contribution in [2.24, 2.45) is 0 Å². The average Bonchev–Trinajstić information content (AvgIpc) is 2.30. The van der Waals surface area contributed by atoms with Crippen LogP contribution in [0, 0.1) is 13.8 Å². The fraction of sp³-hybridized carbons (Fsp3) is 0.538. The molecular formula is C13H22N2O4S2. The zero-order valence-corrected chi connectivity index (χ0v) is 14.5. The molecule has 6 nitrogen and oxygen atoms in total. The smallest absolute Gasteiger partial charge is 0.242 e. The Hall–Kier alpha value is -1.12. The highest BCUT2D eigenvalue weighted by Gasteiger charge is 2.32. The quantitative estimate of drug-likeness (QED) is 0.781. The van der Waals surface area contributed by atoms with E-state index in [1.165, 1.54) is 13.8 Å². The number of hydrogen-bond acceptors (Lipinski definition) is 5. The van der Waals surface area contributed by atoms with Gasteiger partial charge >= 0.3 is 0 Å². The zero-order chi connectivity index (χ0) is 16.6. The van der Waals surface area contributed by atoms with E-state index in [0.717, 1.165) is 6.26 Å². The second kappa shape index (κ2) is 5.58. The van der Waals surface area contributed by atoms with Crippen LogP contribution in [0.2, 0.25) is 0 Å². The topological polar surface area (TPSA) is 106 Å². The van der Waals surface area contributed by atoms with E-state index < -0.39 is 24.6 Å². The summed E-state index contributed by atoms with van der Waals surface area (Å²) in [4.78, 5) is 0.00630. The fourth-order valence-electron chi connectivity index (χ4n) is 1.64. The lowest BCUT2D eigenvalue weighted by atomic mass is 10.1.